The first-order valence-electron chi connectivity index (χ1n) is 12.5. The Hall–Kier alpha value is -4.70. The average Bonchev–Trinajstić information content (AvgIpc) is 3.48. The monoisotopic (exact) mass is 600 g/mol. The van der Waals surface area contributed by atoms with E-state index in [1.807, 2.05) is 19.1 Å². The van der Waals surface area contributed by atoms with Crippen molar-refractivity contribution in [3.63, 3.8) is 0 Å². The van der Waals surface area contributed by atoms with E-state index in [-0.39, 0.29) is 25.5 Å². The van der Waals surface area contributed by atoms with Gasteiger partial charge in [-0.25, -0.2) is 4.79 Å². The topological polar surface area (TPSA) is 115 Å². The molecule has 2 N–H and O–H groups in total. The zero-order valence-corrected chi connectivity index (χ0v) is 23.1. The Morgan fingerprint density at radius 3 is 2.42 bits per heavy atom. The van der Waals surface area contributed by atoms with Gasteiger partial charge in [0.1, 0.15) is 12.3 Å². The van der Waals surface area contributed by atoms with Crippen LogP contribution in [0, 0.1) is 6.92 Å². The van der Waals surface area contributed by atoms with Crippen molar-refractivity contribution in [2.75, 3.05) is 5.32 Å². The van der Waals surface area contributed by atoms with Crippen LogP contribution < -0.4 is 21.9 Å². The van der Waals surface area contributed by atoms with Gasteiger partial charge in [-0.3, -0.25) is 23.5 Å². The Morgan fingerprint density at radius 2 is 1.70 bits per heavy atom. The fourth-order valence-corrected chi connectivity index (χ4v) is 4.60. The summed E-state index contributed by atoms with van der Waals surface area (Å²) in [6, 6.07) is 22.3. The third-order valence-electron chi connectivity index (χ3n) is 6.44. The normalized spacial score (nSPS) is 10.9. The largest absolute Gasteiger partial charge is 0.467 e. The van der Waals surface area contributed by atoms with Crippen molar-refractivity contribution in [1.29, 1.82) is 0 Å². The summed E-state index contributed by atoms with van der Waals surface area (Å²) >= 11 is 3.44. The lowest BCUT2D eigenvalue weighted by Gasteiger charge is -2.15. The number of nitrogens with zero attached hydrogens (tertiary/aromatic N) is 2. The molecule has 0 aliphatic carbocycles. The molecule has 5 aromatic rings. The molecule has 0 saturated carbocycles. The number of hydrogen-bond donors (Lipinski definition) is 2. The molecule has 0 radical (unpaired) electrons. The maximum absolute atomic E-state index is 13.5. The summed E-state index contributed by atoms with van der Waals surface area (Å²) in [7, 11) is 0. The van der Waals surface area contributed by atoms with Gasteiger partial charge in [0.2, 0.25) is 5.91 Å². The number of furan rings is 1. The molecule has 0 spiro atoms. The Balaban J connectivity index is 1.39. The molecule has 2 heterocycles. The number of aromatic nitrogens is 2. The van der Waals surface area contributed by atoms with Gasteiger partial charge in [0.25, 0.3) is 11.5 Å². The molecule has 2 amide bonds. The van der Waals surface area contributed by atoms with Crippen molar-refractivity contribution in [3.05, 3.63) is 133 Å². The van der Waals surface area contributed by atoms with Crippen LogP contribution >= 0.6 is 15.9 Å². The number of benzene rings is 3. The number of hydrogen-bond acceptors (Lipinski definition) is 5. The molecule has 0 fully saturated rings. The van der Waals surface area contributed by atoms with Gasteiger partial charge in [0, 0.05) is 15.7 Å². The molecule has 0 unspecified atom stereocenters. The molecular weight excluding hydrogens is 576 g/mol. The van der Waals surface area contributed by atoms with Gasteiger partial charge < -0.3 is 15.1 Å². The summed E-state index contributed by atoms with van der Waals surface area (Å²) in [6.07, 6.45) is 1.54. The molecular formula is C30H25BrN4O5. The Morgan fingerprint density at radius 1 is 0.925 bits per heavy atom. The van der Waals surface area contributed by atoms with Gasteiger partial charge >= 0.3 is 5.69 Å². The molecule has 0 aliphatic heterocycles. The first-order chi connectivity index (χ1) is 19.3. The predicted molar refractivity (Wildman–Crippen MR) is 155 cm³/mol. The molecule has 9 nitrogen and oxygen atoms in total. The highest BCUT2D eigenvalue weighted by atomic mass is 79.9. The summed E-state index contributed by atoms with van der Waals surface area (Å²) in [5, 5.41) is 5.92. The number of para-hydroxylation sites is 1. The zero-order chi connectivity index (χ0) is 28.2. The molecule has 10 heteroatoms. The fraction of sp³-hybridized carbons (Fsp3) is 0.133. The maximum Gasteiger partial charge on any atom is 0.332 e. The minimum Gasteiger partial charge on any atom is -0.467 e. The van der Waals surface area contributed by atoms with Crippen LogP contribution in [0.1, 0.15) is 27.2 Å². The molecule has 0 aliphatic rings. The summed E-state index contributed by atoms with van der Waals surface area (Å²) in [6.45, 7) is 1.87. The second-order valence-electron chi connectivity index (χ2n) is 9.25. The number of halogens is 1. The molecule has 0 saturated heterocycles. The number of aryl methyl sites for hydroxylation is 1. The van der Waals surface area contributed by atoms with E-state index in [1.54, 1.807) is 66.7 Å². The van der Waals surface area contributed by atoms with Crippen LogP contribution in [-0.2, 0) is 24.4 Å². The molecule has 202 valence electrons. The second kappa shape index (κ2) is 11.6. The number of amides is 2. The zero-order valence-electron chi connectivity index (χ0n) is 21.5. The van der Waals surface area contributed by atoms with Gasteiger partial charge in [-0.2, -0.15) is 0 Å². The minimum atomic E-state index is -0.605. The smallest absolute Gasteiger partial charge is 0.332 e. The van der Waals surface area contributed by atoms with Crippen LogP contribution in [0.4, 0.5) is 5.69 Å². The van der Waals surface area contributed by atoms with Crippen molar-refractivity contribution < 1.29 is 14.0 Å². The highest BCUT2D eigenvalue weighted by Crippen LogP contribution is 2.20. The Bertz CT molecular complexity index is 1820. The van der Waals surface area contributed by atoms with E-state index in [2.05, 4.69) is 26.6 Å². The average molecular weight is 601 g/mol. The van der Waals surface area contributed by atoms with Crippen molar-refractivity contribution >= 4 is 44.3 Å². The second-order valence-corrected chi connectivity index (χ2v) is 10.1. The maximum atomic E-state index is 13.5. The van der Waals surface area contributed by atoms with E-state index in [9.17, 15) is 19.2 Å². The van der Waals surface area contributed by atoms with Gasteiger partial charge in [0.05, 0.1) is 30.3 Å². The molecule has 2 aromatic heterocycles. The van der Waals surface area contributed by atoms with Gasteiger partial charge in [0.15, 0.2) is 0 Å². The third-order valence-corrected chi connectivity index (χ3v) is 7.33. The fourth-order valence-electron chi connectivity index (χ4n) is 4.36. The number of carbonyl (C=O) groups is 2. The minimum absolute atomic E-state index is 0.0235. The van der Waals surface area contributed by atoms with Crippen molar-refractivity contribution in [3.8, 4) is 0 Å². The quantitative estimate of drug-likeness (QED) is 0.273. The Labute approximate surface area is 237 Å². The summed E-state index contributed by atoms with van der Waals surface area (Å²) in [5.74, 6) is -0.0400. The lowest BCUT2D eigenvalue weighted by atomic mass is 10.1. The molecule has 40 heavy (non-hydrogen) atoms. The van der Waals surface area contributed by atoms with Crippen molar-refractivity contribution in [2.24, 2.45) is 0 Å². The number of nitrogens with one attached hydrogen (secondary N) is 2. The standard InChI is InChI=1S/C30H25BrN4O5/c1-19-15-22(12-13-25(19)31)33-27(36)18-34-26-7-3-2-6-24(26)29(38)35(30(34)39)17-20-8-10-21(11-9-20)28(37)32-16-23-5-4-14-40-23/h2-15H,16-18H2,1H3,(H,32,37)(H,33,36). The summed E-state index contributed by atoms with van der Waals surface area (Å²) in [4.78, 5) is 52.3. The number of carbonyl (C=O) groups excluding carboxylic acids is 2. The predicted octanol–water partition coefficient (Wildman–Crippen LogP) is 4.44. The van der Waals surface area contributed by atoms with E-state index in [4.69, 9.17) is 4.42 Å². The first-order valence-corrected chi connectivity index (χ1v) is 13.3. The van der Waals surface area contributed by atoms with E-state index >= 15 is 0 Å². The van der Waals surface area contributed by atoms with Crippen LogP contribution in [-0.4, -0.2) is 20.9 Å². The summed E-state index contributed by atoms with van der Waals surface area (Å²) < 4.78 is 8.55. The number of anilines is 1. The van der Waals surface area contributed by atoms with Crippen LogP contribution in [0.15, 0.2) is 104 Å². The number of fused-ring (bicyclic) bond motifs is 1. The highest BCUT2D eigenvalue weighted by Gasteiger charge is 2.16. The molecule has 0 bridgehead atoms. The van der Waals surface area contributed by atoms with Crippen LogP contribution in [0.2, 0.25) is 0 Å². The van der Waals surface area contributed by atoms with Gasteiger partial charge in [-0.1, -0.05) is 40.2 Å². The summed E-state index contributed by atoms with van der Waals surface area (Å²) in [5.41, 5.74) is 1.95. The van der Waals surface area contributed by atoms with Crippen LogP contribution in [0.25, 0.3) is 10.9 Å². The van der Waals surface area contributed by atoms with Crippen molar-refractivity contribution in [1.82, 2.24) is 14.5 Å². The van der Waals surface area contributed by atoms with Crippen LogP contribution in [0.5, 0.6) is 0 Å². The lowest BCUT2D eigenvalue weighted by Crippen LogP contribution is -2.42. The van der Waals surface area contributed by atoms with Crippen molar-refractivity contribution in [2.45, 2.75) is 26.6 Å². The molecule has 3 aromatic carbocycles. The van der Waals surface area contributed by atoms with E-state index in [1.165, 1.54) is 10.8 Å². The highest BCUT2D eigenvalue weighted by molar-refractivity contribution is 9.10. The number of rotatable bonds is 8. The van der Waals surface area contributed by atoms with E-state index < -0.39 is 17.2 Å². The van der Waals surface area contributed by atoms with Gasteiger partial charge in [-0.05, 0) is 72.6 Å². The molecule has 5 rings (SSSR count). The Kier molecular flexibility index (Phi) is 7.79. The first kappa shape index (κ1) is 26.9. The molecule has 0 atom stereocenters. The van der Waals surface area contributed by atoms with Gasteiger partial charge in [-0.15, -0.1) is 0 Å². The van der Waals surface area contributed by atoms with Crippen LogP contribution in [0.3, 0.4) is 0 Å². The lowest BCUT2D eigenvalue weighted by molar-refractivity contribution is -0.116. The van der Waals surface area contributed by atoms with E-state index in [0.29, 0.717) is 33.5 Å². The van der Waals surface area contributed by atoms with E-state index in [0.717, 1.165) is 14.6 Å². The third kappa shape index (κ3) is 5.81. The SMILES string of the molecule is Cc1cc(NC(=O)Cn2c(=O)n(Cc3ccc(C(=O)NCc4ccco4)cc3)c(=O)c3ccccc32)ccc1Br.